The third kappa shape index (κ3) is 2.97. The number of piperidine rings is 1. The Bertz CT molecular complexity index is 411. The Balaban J connectivity index is 2.19. The van der Waals surface area contributed by atoms with Gasteiger partial charge in [-0.15, -0.1) is 0 Å². The minimum atomic E-state index is -0.231. The Kier molecular flexibility index (Phi) is 4.49. The van der Waals surface area contributed by atoms with E-state index in [9.17, 15) is 5.11 Å². The summed E-state index contributed by atoms with van der Waals surface area (Å²) < 4.78 is 0. The second kappa shape index (κ2) is 5.91. The summed E-state index contributed by atoms with van der Waals surface area (Å²) >= 11 is 6.36. The highest BCUT2D eigenvalue weighted by molar-refractivity contribution is 6.33. The van der Waals surface area contributed by atoms with Crippen LogP contribution in [0.1, 0.15) is 31.4 Å². The predicted molar refractivity (Wildman–Crippen MR) is 76.4 cm³/mol. The van der Waals surface area contributed by atoms with Gasteiger partial charge in [-0.1, -0.05) is 17.7 Å². The van der Waals surface area contributed by atoms with E-state index in [1.807, 2.05) is 13.1 Å². The van der Waals surface area contributed by atoms with Gasteiger partial charge < -0.3 is 15.3 Å². The van der Waals surface area contributed by atoms with E-state index in [0.29, 0.717) is 12.6 Å². The number of halogens is 1. The minimum absolute atomic E-state index is 0.231. The Morgan fingerprint density at radius 3 is 2.89 bits per heavy atom. The summed E-state index contributed by atoms with van der Waals surface area (Å²) in [5.41, 5.74) is 2.21. The lowest BCUT2D eigenvalue weighted by molar-refractivity contribution is 0.154. The lowest BCUT2D eigenvalue weighted by Gasteiger charge is -2.32. The van der Waals surface area contributed by atoms with Crippen LogP contribution in [0, 0.1) is 0 Å². The van der Waals surface area contributed by atoms with Gasteiger partial charge in [0.1, 0.15) is 0 Å². The van der Waals surface area contributed by atoms with Crippen molar-refractivity contribution in [2.24, 2.45) is 0 Å². The van der Waals surface area contributed by atoms with Crippen molar-refractivity contribution < 1.29 is 5.11 Å². The molecule has 18 heavy (non-hydrogen) atoms. The second-order valence-corrected chi connectivity index (χ2v) is 5.37. The van der Waals surface area contributed by atoms with Gasteiger partial charge in [0.15, 0.2) is 0 Å². The Morgan fingerprint density at radius 2 is 2.28 bits per heavy atom. The number of benzene rings is 1. The lowest BCUT2D eigenvalue weighted by atomic mass is 10.1. The topological polar surface area (TPSA) is 35.5 Å². The van der Waals surface area contributed by atoms with Gasteiger partial charge in [0.05, 0.1) is 16.8 Å². The summed E-state index contributed by atoms with van der Waals surface area (Å²) in [4.78, 5) is 2.17. The summed E-state index contributed by atoms with van der Waals surface area (Å²) in [5.74, 6) is 0. The van der Waals surface area contributed by atoms with Crippen LogP contribution in [0.5, 0.6) is 0 Å². The van der Waals surface area contributed by atoms with Gasteiger partial charge in [0, 0.05) is 19.1 Å². The molecule has 1 heterocycles. The average molecular weight is 269 g/mol. The van der Waals surface area contributed by atoms with Crippen molar-refractivity contribution >= 4 is 17.3 Å². The smallest absolute Gasteiger partial charge is 0.0715 e. The van der Waals surface area contributed by atoms with Gasteiger partial charge in [0.25, 0.3) is 0 Å². The molecule has 1 aliphatic heterocycles. The van der Waals surface area contributed by atoms with E-state index >= 15 is 0 Å². The fourth-order valence-electron chi connectivity index (χ4n) is 2.39. The summed E-state index contributed by atoms with van der Waals surface area (Å²) in [7, 11) is 1.94. The van der Waals surface area contributed by atoms with Crippen molar-refractivity contribution in [3.63, 3.8) is 0 Å². The molecule has 2 unspecified atom stereocenters. The van der Waals surface area contributed by atoms with Crippen molar-refractivity contribution in [3.8, 4) is 0 Å². The normalized spacial score (nSPS) is 22.0. The molecule has 2 atom stereocenters. The molecule has 1 fully saturated rings. The van der Waals surface area contributed by atoms with Crippen LogP contribution in [0.4, 0.5) is 5.69 Å². The number of anilines is 1. The molecule has 0 bridgehead atoms. The molecule has 0 radical (unpaired) electrons. The van der Waals surface area contributed by atoms with Crippen LogP contribution in [0.2, 0.25) is 5.02 Å². The number of aliphatic hydroxyl groups excluding tert-OH is 1. The maximum atomic E-state index is 9.72. The fraction of sp³-hybridized carbons (Fsp3) is 0.571. The number of hydrogen-bond acceptors (Lipinski definition) is 3. The Hall–Kier alpha value is -0.770. The summed E-state index contributed by atoms with van der Waals surface area (Å²) in [6.45, 7) is 3.76. The molecule has 2 N–H and O–H groups in total. The molecule has 0 amide bonds. The number of hydrogen-bond donors (Lipinski definition) is 2. The number of nitrogens with one attached hydrogen (secondary N) is 1. The molecule has 1 saturated heterocycles. The zero-order valence-electron chi connectivity index (χ0n) is 11.0. The second-order valence-electron chi connectivity index (χ2n) is 4.96. The Morgan fingerprint density at radius 1 is 1.50 bits per heavy atom. The minimum Gasteiger partial charge on any atom is -0.391 e. The molecule has 100 valence electrons. The quantitative estimate of drug-likeness (QED) is 0.885. The molecule has 0 aliphatic carbocycles. The molecule has 2 rings (SSSR count). The molecular formula is C14H21ClN2O. The van der Waals surface area contributed by atoms with Crippen molar-refractivity contribution in [2.45, 2.75) is 31.9 Å². The molecule has 3 nitrogen and oxygen atoms in total. The van der Waals surface area contributed by atoms with E-state index in [0.717, 1.165) is 30.1 Å². The zero-order chi connectivity index (χ0) is 13.1. The summed E-state index contributed by atoms with van der Waals surface area (Å²) in [6.07, 6.45) is 1.68. The van der Waals surface area contributed by atoms with Crippen molar-refractivity contribution in [3.05, 3.63) is 28.8 Å². The average Bonchev–Trinajstić information content (AvgIpc) is 2.37. The molecule has 0 aromatic heterocycles. The number of aliphatic hydroxyl groups is 1. The molecule has 1 aromatic carbocycles. The number of nitrogens with zero attached hydrogens (tertiary/aromatic N) is 1. The maximum Gasteiger partial charge on any atom is 0.0715 e. The van der Waals surface area contributed by atoms with Crippen LogP contribution in [0.15, 0.2) is 18.2 Å². The molecule has 1 aliphatic rings. The lowest BCUT2D eigenvalue weighted by Crippen LogP contribution is -2.38. The number of rotatable bonds is 3. The largest absolute Gasteiger partial charge is 0.391 e. The summed E-state index contributed by atoms with van der Waals surface area (Å²) in [5, 5.41) is 13.7. The maximum absolute atomic E-state index is 9.72. The van der Waals surface area contributed by atoms with Crippen LogP contribution in [-0.4, -0.2) is 31.3 Å². The first-order valence-corrected chi connectivity index (χ1v) is 6.89. The van der Waals surface area contributed by atoms with Gasteiger partial charge in [0.2, 0.25) is 0 Å². The van der Waals surface area contributed by atoms with E-state index in [-0.39, 0.29) is 6.10 Å². The zero-order valence-corrected chi connectivity index (χ0v) is 11.7. The van der Waals surface area contributed by atoms with E-state index in [4.69, 9.17) is 11.6 Å². The van der Waals surface area contributed by atoms with Crippen molar-refractivity contribution in [1.29, 1.82) is 0 Å². The first kappa shape index (κ1) is 13.7. The molecule has 4 heteroatoms. The standard InChI is InChI=1S/C14H21ClN2O/c1-10(16-2)11-5-6-14(13(15)8-11)17-7-3-4-12(18)9-17/h5-6,8,10,12,16,18H,3-4,7,9H2,1-2H3. The van der Waals surface area contributed by atoms with E-state index < -0.39 is 0 Å². The van der Waals surface area contributed by atoms with Crippen LogP contribution in [0.25, 0.3) is 0 Å². The van der Waals surface area contributed by atoms with Gasteiger partial charge in [-0.05, 0) is 44.5 Å². The van der Waals surface area contributed by atoms with Crippen molar-refractivity contribution in [2.75, 3.05) is 25.0 Å². The van der Waals surface area contributed by atoms with Gasteiger partial charge in [-0.25, -0.2) is 0 Å². The third-order valence-corrected chi connectivity index (χ3v) is 3.94. The van der Waals surface area contributed by atoms with E-state index in [1.165, 1.54) is 5.56 Å². The molecule has 0 saturated carbocycles. The van der Waals surface area contributed by atoms with Crippen LogP contribution in [-0.2, 0) is 0 Å². The van der Waals surface area contributed by atoms with E-state index in [1.54, 1.807) is 0 Å². The summed E-state index contributed by atoms with van der Waals surface area (Å²) in [6, 6.07) is 6.47. The third-order valence-electron chi connectivity index (χ3n) is 3.64. The first-order valence-electron chi connectivity index (χ1n) is 6.51. The van der Waals surface area contributed by atoms with Gasteiger partial charge in [-0.3, -0.25) is 0 Å². The molecule has 1 aromatic rings. The Labute approximate surface area is 114 Å². The monoisotopic (exact) mass is 268 g/mol. The van der Waals surface area contributed by atoms with Gasteiger partial charge >= 0.3 is 0 Å². The van der Waals surface area contributed by atoms with Crippen LogP contribution in [0.3, 0.4) is 0 Å². The molecular weight excluding hydrogens is 248 g/mol. The predicted octanol–water partition coefficient (Wildman–Crippen LogP) is 2.58. The molecule has 0 spiro atoms. The van der Waals surface area contributed by atoms with Crippen LogP contribution < -0.4 is 10.2 Å². The van der Waals surface area contributed by atoms with E-state index in [2.05, 4.69) is 29.3 Å². The van der Waals surface area contributed by atoms with Crippen LogP contribution >= 0.6 is 11.6 Å². The van der Waals surface area contributed by atoms with Crippen molar-refractivity contribution in [1.82, 2.24) is 5.32 Å². The fourth-order valence-corrected chi connectivity index (χ4v) is 2.70. The first-order chi connectivity index (χ1) is 8.61. The van der Waals surface area contributed by atoms with Gasteiger partial charge in [-0.2, -0.15) is 0 Å². The number of β-amino-alcohol motifs (C(OH)–C–C–N with tert-alkyl or cyclic N) is 1. The highest BCUT2D eigenvalue weighted by Gasteiger charge is 2.20. The highest BCUT2D eigenvalue weighted by Crippen LogP contribution is 2.30. The SMILES string of the molecule is CNC(C)c1ccc(N2CCCC(O)C2)c(Cl)c1. The highest BCUT2D eigenvalue weighted by atomic mass is 35.5.